The summed E-state index contributed by atoms with van der Waals surface area (Å²) >= 11 is 6.52. The number of alkyl halides is 1. The van der Waals surface area contributed by atoms with Gasteiger partial charge >= 0.3 is 19.4 Å². The Morgan fingerprint density at radius 1 is 1.24 bits per heavy atom. The van der Waals surface area contributed by atoms with Crippen LogP contribution in [0.4, 0.5) is 4.39 Å². The molecule has 1 unspecified atom stereocenters. The number of H-pyrrole nitrogens is 1. The van der Waals surface area contributed by atoms with E-state index in [0.717, 1.165) is 5.39 Å². The molecule has 41 heavy (non-hydrogen) atoms. The van der Waals surface area contributed by atoms with Crippen molar-refractivity contribution in [3.8, 4) is 5.75 Å². The number of nitrogens with one attached hydrogen (secondary N) is 2. The van der Waals surface area contributed by atoms with Gasteiger partial charge in [0.25, 0.3) is 5.56 Å². The van der Waals surface area contributed by atoms with Crippen molar-refractivity contribution in [1.82, 2.24) is 14.6 Å². The van der Waals surface area contributed by atoms with Gasteiger partial charge < -0.3 is 19.1 Å². The third-order valence-corrected chi connectivity index (χ3v) is 8.37. The number of aliphatic hydroxyl groups is 1. The van der Waals surface area contributed by atoms with Crippen LogP contribution in [0.15, 0.2) is 58.3 Å². The van der Waals surface area contributed by atoms with Crippen molar-refractivity contribution in [3.63, 3.8) is 0 Å². The van der Waals surface area contributed by atoms with E-state index in [0.29, 0.717) is 16.2 Å². The third-order valence-electron chi connectivity index (χ3n) is 6.33. The minimum Gasteiger partial charge on any atom is -0.462 e. The molecule has 222 valence electrons. The van der Waals surface area contributed by atoms with Gasteiger partial charge in [0.05, 0.1) is 18.9 Å². The second-order valence-corrected chi connectivity index (χ2v) is 12.5. The summed E-state index contributed by atoms with van der Waals surface area (Å²) in [5.41, 5.74) is -2.25. The second kappa shape index (κ2) is 12.0. The number of carbonyl (C=O) groups is 1. The maximum absolute atomic E-state index is 14.1. The van der Waals surface area contributed by atoms with Gasteiger partial charge in [-0.15, -0.1) is 11.6 Å². The number of esters is 1. The number of carbonyl (C=O) groups excluding carboxylic acids is 1. The molecule has 0 bridgehead atoms. The zero-order valence-electron chi connectivity index (χ0n) is 22.6. The lowest BCUT2D eigenvalue weighted by Crippen LogP contribution is -2.43. The van der Waals surface area contributed by atoms with E-state index in [4.69, 9.17) is 30.1 Å². The Bertz CT molecular complexity index is 1590. The average Bonchev–Trinajstić information content (AvgIpc) is 3.13. The normalized spacial score (nSPS) is 24.7. The predicted molar refractivity (Wildman–Crippen MR) is 147 cm³/mol. The summed E-state index contributed by atoms with van der Waals surface area (Å²) in [6.07, 6.45) is -4.09. The van der Waals surface area contributed by atoms with Crippen LogP contribution in [0.5, 0.6) is 5.75 Å². The molecule has 3 aromatic rings. The topological polar surface area (TPSA) is 158 Å². The van der Waals surface area contributed by atoms with Gasteiger partial charge in [0.15, 0.2) is 6.23 Å². The van der Waals surface area contributed by atoms with Gasteiger partial charge in [0, 0.05) is 5.39 Å². The van der Waals surface area contributed by atoms with Crippen molar-refractivity contribution in [2.75, 3.05) is 6.61 Å². The molecule has 2 aromatic carbocycles. The molecule has 1 saturated heterocycles. The fourth-order valence-electron chi connectivity index (χ4n) is 4.28. The van der Waals surface area contributed by atoms with Crippen LogP contribution in [0.1, 0.15) is 33.9 Å². The maximum atomic E-state index is 14.1. The maximum Gasteiger partial charge on any atom is 0.459 e. The lowest BCUT2D eigenvalue weighted by Gasteiger charge is -2.26. The SMILES string of the molecule is CC(C)OC(=O)[C@@H](C)N[P@](=O)(OC[C@H]1OC(n2cc(F)c(=O)[nH]c2=O)[C@](C)(Cl)[C@@H]1O)Oc1cccc2ccccc12. The molecule has 0 saturated carbocycles. The Morgan fingerprint density at radius 3 is 2.63 bits per heavy atom. The lowest BCUT2D eigenvalue weighted by molar-refractivity contribution is -0.149. The summed E-state index contributed by atoms with van der Waals surface area (Å²) in [5.74, 6) is -1.80. The minimum atomic E-state index is -4.40. The second-order valence-electron chi connectivity index (χ2n) is 9.96. The fourth-order valence-corrected chi connectivity index (χ4v) is 6.09. The molecule has 15 heteroatoms. The number of aromatic amines is 1. The van der Waals surface area contributed by atoms with E-state index in [1.54, 1.807) is 43.1 Å². The van der Waals surface area contributed by atoms with Crippen LogP contribution in [0.25, 0.3) is 10.8 Å². The zero-order chi connectivity index (χ0) is 30.1. The molecule has 3 N–H and O–H groups in total. The van der Waals surface area contributed by atoms with Gasteiger partial charge in [0.2, 0.25) is 5.82 Å². The summed E-state index contributed by atoms with van der Waals surface area (Å²) in [7, 11) is -4.40. The van der Waals surface area contributed by atoms with Gasteiger partial charge in [-0.3, -0.25) is 23.7 Å². The highest BCUT2D eigenvalue weighted by molar-refractivity contribution is 7.52. The van der Waals surface area contributed by atoms with Crippen LogP contribution in [-0.2, 0) is 23.4 Å². The van der Waals surface area contributed by atoms with Crippen molar-refractivity contribution < 1.29 is 37.4 Å². The van der Waals surface area contributed by atoms with Crippen molar-refractivity contribution in [2.45, 2.75) is 63.2 Å². The molecule has 1 aromatic heterocycles. The zero-order valence-corrected chi connectivity index (χ0v) is 24.2. The standard InChI is InChI=1S/C26H30ClFN3O9P/c1-14(2)38-23(34)15(3)30-41(36,40-19-11-7-9-16-8-5-6-10-17(16)19)37-13-20-21(32)26(4,27)24(39-20)31-12-18(28)22(33)29-25(31)35/h5-12,14-15,20-21,24,32H,13H2,1-4H3,(H,30,36)(H,29,33,35)/t15-,20-,21-,24?,26-,41+/m1/s1. The monoisotopic (exact) mass is 613 g/mol. The van der Waals surface area contributed by atoms with Crippen LogP contribution >= 0.6 is 19.3 Å². The molecule has 1 aliphatic rings. The van der Waals surface area contributed by atoms with Gasteiger partial charge in [-0.05, 0) is 39.1 Å². The summed E-state index contributed by atoms with van der Waals surface area (Å²) in [5, 5.41) is 14.9. The quantitative estimate of drug-likeness (QED) is 0.176. The Morgan fingerprint density at radius 2 is 1.93 bits per heavy atom. The smallest absolute Gasteiger partial charge is 0.459 e. The molecule has 1 aliphatic heterocycles. The van der Waals surface area contributed by atoms with Crippen LogP contribution in [0, 0.1) is 5.82 Å². The number of aliphatic hydroxyl groups excluding tert-OH is 1. The van der Waals surface area contributed by atoms with Gasteiger partial charge in [-0.2, -0.15) is 9.48 Å². The molecule has 12 nitrogen and oxygen atoms in total. The number of hydrogen-bond acceptors (Lipinski definition) is 9. The number of fused-ring (bicyclic) bond motifs is 1. The minimum absolute atomic E-state index is 0.187. The highest BCUT2D eigenvalue weighted by Gasteiger charge is 2.54. The van der Waals surface area contributed by atoms with Crippen molar-refractivity contribution in [3.05, 3.63) is 75.3 Å². The van der Waals surface area contributed by atoms with Crippen LogP contribution in [-0.4, -0.2) is 56.5 Å². The van der Waals surface area contributed by atoms with Crippen LogP contribution < -0.4 is 20.9 Å². The molecule has 0 aliphatic carbocycles. The van der Waals surface area contributed by atoms with E-state index in [1.807, 2.05) is 18.2 Å². The highest BCUT2D eigenvalue weighted by Crippen LogP contribution is 2.49. The van der Waals surface area contributed by atoms with Crippen molar-refractivity contribution in [2.24, 2.45) is 0 Å². The summed E-state index contributed by atoms with van der Waals surface area (Å²) in [4.78, 5) is 36.4. The first kappa shape index (κ1) is 30.9. The van der Waals surface area contributed by atoms with Gasteiger partial charge in [-0.1, -0.05) is 36.4 Å². The fraction of sp³-hybridized carbons (Fsp3) is 0.423. The van der Waals surface area contributed by atoms with E-state index in [-0.39, 0.29) is 5.75 Å². The molecule has 0 amide bonds. The van der Waals surface area contributed by atoms with E-state index in [9.17, 15) is 28.4 Å². The number of ether oxygens (including phenoxy) is 2. The molecular weight excluding hydrogens is 584 g/mol. The van der Waals surface area contributed by atoms with Gasteiger partial charge in [-0.25, -0.2) is 9.36 Å². The van der Waals surface area contributed by atoms with Crippen LogP contribution in [0.2, 0.25) is 0 Å². The number of rotatable bonds is 10. The first-order chi connectivity index (χ1) is 19.2. The first-order valence-electron chi connectivity index (χ1n) is 12.7. The molecular formula is C26H30ClFN3O9P. The molecule has 0 radical (unpaired) electrons. The summed E-state index contributed by atoms with van der Waals surface area (Å²) < 4.78 is 51.2. The number of hydrogen-bond donors (Lipinski definition) is 3. The Labute approximate surface area is 238 Å². The first-order valence-corrected chi connectivity index (χ1v) is 14.6. The summed E-state index contributed by atoms with van der Waals surface area (Å²) in [6.45, 7) is 5.48. The largest absolute Gasteiger partial charge is 0.462 e. The van der Waals surface area contributed by atoms with Crippen molar-refractivity contribution >= 4 is 36.1 Å². The Balaban J connectivity index is 1.61. The summed E-state index contributed by atoms with van der Waals surface area (Å²) in [6, 6.07) is 11.1. The Kier molecular flexibility index (Phi) is 9.07. The predicted octanol–water partition coefficient (Wildman–Crippen LogP) is 3.22. The number of benzene rings is 2. The van der Waals surface area contributed by atoms with E-state index < -0.39 is 72.8 Å². The number of aromatic nitrogens is 2. The third kappa shape index (κ3) is 6.72. The molecule has 0 spiro atoms. The van der Waals surface area contributed by atoms with Gasteiger partial charge in [0.1, 0.15) is 28.9 Å². The average molecular weight is 614 g/mol. The number of halogens is 2. The van der Waals surface area contributed by atoms with E-state index in [1.165, 1.54) is 13.8 Å². The Hall–Kier alpha value is -3.06. The van der Waals surface area contributed by atoms with E-state index in [2.05, 4.69) is 5.09 Å². The molecule has 2 heterocycles. The molecule has 4 rings (SSSR count). The lowest BCUT2D eigenvalue weighted by atomic mass is 10.0. The number of nitrogens with zero attached hydrogens (tertiary/aromatic N) is 1. The molecule has 6 atom stereocenters. The van der Waals surface area contributed by atoms with Crippen molar-refractivity contribution in [1.29, 1.82) is 0 Å². The van der Waals surface area contributed by atoms with E-state index >= 15 is 0 Å². The highest BCUT2D eigenvalue weighted by atomic mass is 35.5. The van der Waals surface area contributed by atoms with Crippen LogP contribution in [0.3, 0.4) is 0 Å². The molecule has 1 fully saturated rings.